The Morgan fingerprint density at radius 2 is 1.58 bits per heavy atom. The van der Waals surface area contributed by atoms with Crippen LogP contribution in [0.3, 0.4) is 0 Å². The van der Waals surface area contributed by atoms with Crippen molar-refractivity contribution in [3.8, 4) is 0 Å². The van der Waals surface area contributed by atoms with E-state index < -0.39 is 34.4 Å². The number of rotatable bonds is 10. The van der Waals surface area contributed by atoms with Gasteiger partial charge in [0.2, 0.25) is 0 Å². The Morgan fingerprint density at radius 1 is 1.08 bits per heavy atom. The minimum absolute atomic E-state index is 0.201. The van der Waals surface area contributed by atoms with Gasteiger partial charge in [0.05, 0.1) is 20.1 Å². The summed E-state index contributed by atoms with van der Waals surface area (Å²) in [5, 5.41) is 0.201. The van der Waals surface area contributed by atoms with Crippen LogP contribution >= 0.6 is 0 Å². The predicted octanol–water partition coefficient (Wildman–Crippen LogP) is 3.67. The molecule has 0 aromatic heterocycles. The van der Waals surface area contributed by atoms with Gasteiger partial charge in [0.15, 0.2) is 16.6 Å². The second kappa shape index (κ2) is 9.00. The fraction of sp³-hybridized carbons (Fsp3) is 1.00. The highest BCUT2D eigenvalue weighted by Gasteiger charge is 2.55. The van der Waals surface area contributed by atoms with Gasteiger partial charge in [0.25, 0.3) is 8.96 Å². The molecule has 156 valence electrons. The summed E-state index contributed by atoms with van der Waals surface area (Å²) in [4.78, 5) is 0. The van der Waals surface area contributed by atoms with E-state index in [-0.39, 0.29) is 5.16 Å². The van der Waals surface area contributed by atoms with Gasteiger partial charge < -0.3 is 21.5 Å². The van der Waals surface area contributed by atoms with Crippen LogP contribution in [0.25, 0.3) is 0 Å². The maximum atomic E-state index is 6.94. The minimum Gasteiger partial charge on any atom is -0.455 e. The van der Waals surface area contributed by atoms with Crippen molar-refractivity contribution in [3.63, 3.8) is 0 Å². The topological polar surface area (TPSA) is 36.9 Å². The molecule has 0 saturated carbocycles. The zero-order chi connectivity index (χ0) is 20.4. The second-order valence-corrected chi connectivity index (χ2v) is 25.9. The van der Waals surface area contributed by atoms with Crippen LogP contribution < -0.4 is 0 Å². The van der Waals surface area contributed by atoms with Crippen molar-refractivity contribution in [3.05, 3.63) is 0 Å². The molecule has 1 heterocycles. The van der Waals surface area contributed by atoms with Crippen molar-refractivity contribution in [1.82, 2.24) is 0 Å². The molecule has 0 aromatic carbocycles. The third-order valence-corrected chi connectivity index (χ3v) is 24.6. The highest BCUT2D eigenvalue weighted by atomic mass is 28.5. The van der Waals surface area contributed by atoms with Gasteiger partial charge in [-0.25, -0.2) is 0 Å². The monoisotopic (exact) mass is 438 g/mol. The van der Waals surface area contributed by atoms with Crippen LogP contribution in [0.1, 0.15) is 13.8 Å². The number of hydrogen-bond acceptors (Lipinski definition) is 4. The van der Waals surface area contributed by atoms with E-state index in [0.717, 1.165) is 5.92 Å². The Hall–Kier alpha value is 0.668. The maximum Gasteiger partial charge on any atom is 0.502 e. The van der Waals surface area contributed by atoms with Gasteiger partial charge >= 0.3 is 8.80 Å². The molecule has 1 saturated heterocycles. The van der Waals surface area contributed by atoms with Crippen LogP contribution in [0.15, 0.2) is 0 Å². The first-order chi connectivity index (χ1) is 11.8. The maximum absolute atomic E-state index is 6.94. The van der Waals surface area contributed by atoms with Crippen molar-refractivity contribution in [2.45, 2.75) is 63.8 Å². The molecule has 0 radical (unpaired) electrons. The van der Waals surface area contributed by atoms with E-state index in [0.29, 0.717) is 0 Å². The van der Waals surface area contributed by atoms with Gasteiger partial charge in [-0.05, 0) is 38.8 Å². The second-order valence-electron chi connectivity index (χ2n) is 9.73. The molecule has 0 bridgehead atoms. The summed E-state index contributed by atoms with van der Waals surface area (Å²) in [5.41, 5.74) is 0. The van der Waals surface area contributed by atoms with Crippen LogP contribution in [0, 0.1) is 5.92 Å². The third kappa shape index (κ3) is 5.60. The van der Waals surface area contributed by atoms with E-state index in [1.165, 1.54) is 29.3 Å². The van der Waals surface area contributed by atoms with Gasteiger partial charge in [0.1, 0.15) is 0 Å². The van der Waals surface area contributed by atoms with E-state index in [1.807, 2.05) is 0 Å². The number of quaternary nitrogens is 1. The van der Waals surface area contributed by atoms with E-state index in [4.69, 9.17) is 17.4 Å². The lowest BCUT2D eigenvalue weighted by Gasteiger charge is -2.44. The summed E-state index contributed by atoms with van der Waals surface area (Å²) in [6, 6.07) is 2.72. The van der Waals surface area contributed by atoms with Crippen LogP contribution in [0.5, 0.6) is 0 Å². The summed E-state index contributed by atoms with van der Waals surface area (Å²) in [6.07, 6.45) is 0. The average Bonchev–Trinajstić information content (AvgIpc) is 2.79. The van der Waals surface area contributed by atoms with Gasteiger partial charge in [-0.3, -0.25) is 0 Å². The molecule has 0 N–H and O–H groups in total. The van der Waals surface area contributed by atoms with Crippen LogP contribution in [-0.4, -0.2) is 80.0 Å². The molecule has 1 aliphatic rings. The number of nitrogens with zero attached hydrogens (tertiary/aromatic N) is 1. The molecular weight excluding hydrogens is 395 g/mol. The standard InChI is InChI=1S/C17H44NO4Si4/c1-16-14-18(3,23(7)15-16)12-13-24(8,9)22-25(10,11)17(2)26(19-4,20-5)21-6/h16-17,23H,12-15H2,1-11H3/q+1. The summed E-state index contributed by atoms with van der Waals surface area (Å²) < 4.78 is 25.5. The summed E-state index contributed by atoms with van der Waals surface area (Å²) in [6.45, 7) is 19.2. The van der Waals surface area contributed by atoms with Crippen LogP contribution in [0.4, 0.5) is 0 Å². The lowest BCUT2D eigenvalue weighted by molar-refractivity contribution is -0.800. The quantitative estimate of drug-likeness (QED) is 0.488. The van der Waals surface area contributed by atoms with E-state index in [1.54, 1.807) is 21.3 Å². The molecule has 1 fully saturated rings. The van der Waals surface area contributed by atoms with E-state index in [9.17, 15) is 0 Å². The molecule has 4 unspecified atom stereocenters. The van der Waals surface area contributed by atoms with Crippen molar-refractivity contribution in [2.24, 2.45) is 5.92 Å². The SMILES string of the molecule is CO[Si](OC)(OC)C(C)[Si](C)(C)O[Si](C)(C)CC[N+]1(C)CC(C)C[SiH]1C. The Kier molecular flexibility index (Phi) is 8.55. The van der Waals surface area contributed by atoms with E-state index in [2.05, 4.69) is 53.6 Å². The molecule has 5 nitrogen and oxygen atoms in total. The lowest BCUT2D eigenvalue weighted by atomic mass is 10.2. The van der Waals surface area contributed by atoms with Crippen molar-refractivity contribution < 1.29 is 21.5 Å². The van der Waals surface area contributed by atoms with E-state index >= 15 is 0 Å². The minimum atomic E-state index is -2.68. The lowest BCUT2D eigenvalue weighted by Crippen LogP contribution is -2.60. The Labute approximate surface area is 167 Å². The first kappa shape index (κ1) is 24.7. The molecule has 0 aromatic rings. The molecule has 0 amide bonds. The molecule has 1 aliphatic heterocycles. The van der Waals surface area contributed by atoms with Crippen LogP contribution in [-0.2, 0) is 17.4 Å². The summed E-state index contributed by atoms with van der Waals surface area (Å²) >= 11 is 0. The first-order valence-electron chi connectivity index (χ1n) is 9.97. The van der Waals surface area contributed by atoms with Gasteiger partial charge in [-0.15, -0.1) is 0 Å². The molecule has 9 heteroatoms. The van der Waals surface area contributed by atoms with Crippen LogP contribution in [0.2, 0.25) is 50.0 Å². The summed E-state index contributed by atoms with van der Waals surface area (Å²) in [7, 11) is 0.466. The normalized spacial score (nSPS) is 29.2. The zero-order valence-corrected chi connectivity index (χ0v) is 23.3. The largest absolute Gasteiger partial charge is 0.502 e. The Balaban J connectivity index is 2.80. The number of hydrogen-bond donors (Lipinski definition) is 0. The molecular formula is C17H44NO4Si4+. The van der Waals surface area contributed by atoms with Crippen molar-refractivity contribution in [1.29, 1.82) is 0 Å². The fourth-order valence-electron chi connectivity index (χ4n) is 4.70. The third-order valence-electron chi connectivity index (χ3n) is 6.73. The Bertz CT molecular complexity index is 454. The van der Waals surface area contributed by atoms with Gasteiger partial charge in [0, 0.05) is 38.5 Å². The Morgan fingerprint density at radius 3 is 1.96 bits per heavy atom. The smallest absolute Gasteiger partial charge is 0.455 e. The zero-order valence-electron chi connectivity index (χ0n) is 19.1. The molecule has 4 atom stereocenters. The highest BCUT2D eigenvalue weighted by molar-refractivity contribution is 6.93. The molecule has 26 heavy (non-hydrogen) atoms. The highest BCUT2D eigenvalue weighted by Crippen LogP contribution is 2.37. The van der Waals surface area contributed by atoms with Crippen molar-refractivity contribution >= 4 is 34.4 Å². The summed E-state index contributed by atoms with van der Waals surface area (Å²) in [5.74, 6) is 0.898. The molecule has 1 rings (SSSR count). The molecule has 0 spiro atoms. The first-order valence-corrected chi connectivity index (χ1v) is 20.4. The van der Waals surface area contributed by atoms with Gasteiger partial charge in [-0.2, -0.15) is 0 Å². The van der Waals surface area contributed by atoms with Crippen molar-refractivity contribution in [2.75, 3.05) is 41.5 Å². The predicted molar refractivity (Wildman–Crippen MR) is 120 cm³/mol. The van der Waals surface area contributed by atoms with Gasteiger partial charge in [-0.1, -0.05) is 13.8 Å². The average molecular weight is 439 g/mol. The molecule has 0 aliphatic carbocycles. The fourth-order valence-corrected chi connectivity index (χ4v) is 22.5.